The molecule has 2 aromatic carbocycles. The molecule has 0 aliphatic heterocycles. The maximum absolute atomic E-state index is 13.5. The Bertz CT molecular complexity index is 1280. The average Bonchev–Trinajstić information content (AvgIpc) is 3.11. The molecular formula is C21H12F4N4. The number of nitrogens with zero attached hydrogens (tertiary/aromatic N) is 4. The van der Waals surface area contributed by atoms with Gasteiger partial charge in [0.05, 0.1) is 23.5 Å². The third-order valence-corrected chi connectivity index (χ3v) is 4.67. The van der Waals surface area contributed by atoms with Crippen molar-refractivity contribution in [3.05, 3.63) is 77.5 Å². The fraction of sp³-hybridized carbons (Fsp3) is 0.0952. The van der Waals surface area contributed by atoms with Gasteiger partial charge in [0.15, 0.2) is 0 Å². The molecule has 0 unspecified atom stereocenters. The summed E-state index contributed by atoms with van der Waals surface area (Å²) in [6, 6.07) is 12.2. The second-order valence-electron chi connectivity index (χ2n) is 6.40. The van der Waals surface area contributed by atoms with Crippen molar-refractivity contribution >= 4 is 5.78 Å². The number of alkyl halides is 3. The van der Waals surface area contributed by atoms with Crippen molar-refractivity contribution in [2.75, 3.05) is 0 Å². The SMILES string of the molecule is Cc1c(-c2ccc(F)cc2C#N)cccc1-c1cnc2nc(C(F)(F)F)ccn12. The van der Waals surface area contributed by atoms with Gasteiger partial charge in [-0.2, -0.15) is 18.4 Å². The van der Waals surface area contributed by atoms with E-state index in [1.54, 1.807) is 18.2 Å². The summed E-state index contributed by atoms with van der Waals surface area (Å²) in [6.07, 6.45) is -1.83. The number of fused-ring (bicyclic) bond motifs is 1. The van der Waals surface area contributed by atoms with Crippen LogP contribution in [0.15, 0.2) is 54.9 Å². The molecule has 8 heteroatoms. The zero-order chi connectivity index (χ0) is 20.8. The summed E-state index contributed by atoms with van der Waals surface area (Å²) in [6.45, 7) is 1.83. The molecule has 4 nitrogen and oxygen atoms in total. The standard InChI is InChI=1S/C21H12F4N4/c1-12-15(17-6-5-14(22)9-13(17)10-26)3-2-4-16(12)18-11-27-20-28-19(21(23,24)25)7-8-29(18)20/h2-9,11H,1H3. The van der Waals surface area contributed by atoms with E-state index in [4.69, 9.17) is 0 Å². The van der Waals surface area contributed by atoms with Crippen LogP contribution < -0.4 is 0 Å². The highest BCUT2D eigenvalue weighted by atomic mass is 19.4. The van der Waals surface area contributed by atoms with E-state index in [9.17, 15) is 22.8 Å². The molecule has 0 saturated carbocycles. The van der Waals surface area contributed by atoms with Gasteiger partial charge in [0.25, 0.3) is 0 Å². The number of halogens is 4. The Morgan fingerprint density at radius 3 is 2.52 bits per heavy atom. The second-order valence-corrected chi connectivity index (χ2v) is 6.40. The Kier molecular flexibility index (Phi) is 4.31. The number of nitriles is 1. The fourth-order valence-corrected chi connectivity index (χ4v) is 3.28. The molecule has 2 aromatic heterocycles. The molecule has 0 saturated heterocycles. The molecule has 144 valence electrons. The molecule has 0 bridgehead atoms. The molecule has 0 aliphatic rings. The molecule has 4 aromatic rings. The van der Waals surface area contributed by atoms with E-state index in [1.807, 2.05) is 13.0 Å². The highest BCUT2D eigenvalue weighted by Crippen LogP contribution is 2.34. The van der Waals surface area contributed by atoms with Crippen molar-refractivity contribution in [1.29, 1.82) is 5.26 Å². The number of hydrogen-bond acceptors (Lipinski definition) is 3. The first-order chi connectivity index (χ1) is 13.8. The largest absolute Gasteiger partial charge is 0.433 e. The van der Waals surface area contributed by atoms with Crippen LogP contribution in [0.4, 0.5) is 17.6 Å². The van der Waals surface area contributed by atoms with E-state index >= 15 is 0 Å². The molecule has 0 aliphatic carbocycles. The van der Waals surface area contributed by atoms with E-state index in [0.29, 0.717) is 22.4 Å². The van der Waals surface area contributed by atoms with Crippen LogP contribution in [0.5, 0.6) is 0 Å². The number of imidazole rings is 1. The van der Waals surface area contributed by atoms with Gasteiger partial charge in [-0.25, -0.2) is 14.4 Å². The van der Waals surface area contributed by atoms with Crippen molar-refractivity contribution in [3.63, 3.8) is 0 Å². The summed E-state index contributed by atoms with van der Waals surface area (Å²) in [5.41, 5.74) is 2.51. The summed E-state index contributed by atoms with van der Waals surface area (Å²) in [5.74, 6) is -0.577. The number of hydrogen-bond donors (Lipinski definition) is 0. The topological polar surface area (TPSA) is 54.0 Å². The normalized spacial score (nSPS) is 11.6. The Hall–Kier alpha value is -3.73. The van der Waals surface area contributed by atoms with Gasteiger partial charge in [0.2, 0.25) is 5.78 Å². The van der Waals surface area contributed by atoms with Crippen LogP contribution in [0.1, 0.15) is 16.8 Å². The highest BCUT2D eigenvalue weighted by molar-refractivity contribution is 5.80. The van der Waals surface area contributed by atoms with Crippen LogP contribution in [0.25, 0.3) is 28.2 Å². The Morgan fingerprint density at radius 2 is 1.79 bits per heavy atom. The van der Waals surface area contributed by atoms with Gasteiger partial charge in [-0.15, -0.1) is 0 Å². The zero-order valence-electron chi connectivity index (χ0n) is 15.0. The molecule has 0 radical (unpaired) electrons. The molecule has 29 heavy (non-hydrogen) atoms. The molecular weight excluding hydrogens is 384 g/mol. The summed E-state index contributed by atoms with van der Waals surface area (Å²) >= 11 is 0. The number of aromatic nitrogens is 3. The lowest BCUT2D eigenvalue weighted by Gasteiger charge is -2.13. The van der Waals surface area contributed by atoms with Gasteiger partial charge in [-0.05, 0) is 41.8 Å². The van der Waals surface area contributed by atoms with E-state index in [1.165, 1.54) is 28.9 Å². The van der Waals surface area contributed by atoms with Gasteiger partial charge >= 0.3 is 6.18 Å². The molecule has 4 rings (SSSR count). The molecule has 2 heterocycles. The second kappa shape index (κ2) is 6.71. The summed E-state index contributed by atoms with van der Waals surface area (Å²) < 4.78 is 53.7. The summed E-state index contributed by atoms with van der Waals surface area (Å²) in [7, 11) is 0. The molecule has 0 atom stereocenters. The van der Waals surface area contributed by atoms with Crippen LogP contribution in [0.3, 0.4) is 0 Å². The smallest absolute Gasteiger partial charge is 0.284 e. The highest BCUT2D eigenvalue weighted by Gasteiger charge is 2.33. The Labute approximate surface area is 162 Å². The minimum absolute atomic E-state index is 0.0703. The van der Waals surface area contributed by atoms with Gasteiger partial charge < -0.3 is 0 Å². The van der Waals surface area contributed by atoms with E-state index in [2.05, 4.69) is 9.97 Å². The Balaban J connectivity index is 1.88. The van der Waals surface area contributed by atoms with Crippen molar-refractivity contribution in [3.8, 4) is 28.5 Å². The minimum Gasteiger partial charge on any atom is -0.284 e. The lowest BCUT2D eigenvalue weighted by Crippen LogP contribution is -2.09. The monoisotopic (exact) mass is 396 g/mol. The van der Waals surface area contributed by atoms with Gasteiger partial charge in [-0.1, -0.05) is 24.3 Å². The molecule has 0 spiro atoms. The van der Waals surface area contributed by atoms with Crippen molar-refractivity contribution in [2.45, 2.75) is 13.1 Å². The van der Waals surface area contributed by atoms with E-state index < -0.39 is 17.7 Å². The number of rotatable bonds is 2. The van der Waals surface area contributed by atoms with Gasteiger partial charge in [-0.3, -0.25) is 4.40 Å². The molecule has 0 fully saturated rings. The zero-order valence-corrected chi connectivity index (χ0v) is 15.0. The fourth-order valence-electron chi connectivity index (χ4n) is 3.28. The van der Waals surface area contributed by atoms with Crippen molar-refractivity contribution in [1.82, 2.24) is 14.4 Å². The first-order valence-electron chi connectivity index (χ1n) is 8.51. The summed E-state index contributed by atoms with van der Waals surface area (Å²) in [5, 5.41) is 9.35. The van der Waals surface area contributed by atoms with Gasteiger partial charge in [0.1, 0.15) is 11.5 Å². The predicted octanol–water partition coefficient (Wildman–Crippen LogP) is 5.40. The van der Waals surface area contributed by atoms with Crippen LogP contribution in [-0.2, 0) is 6.18 Å². The first kappa shape index (κ1) is 18.6. The lowest BCUT2D eigenvalue weighted by molar-refractivity contribution is -0.141. The number of benzene rings is 2. The molecule has 0 N–H and O–H groups in total. The van der Waals surface area contributed by atoms with Crippen LogP contribution in [-0.4, -0.2) is 14.4 Å². The first-order valence-corrected chi connectivity index (χ1v) is 8.51. The molecule has 0 amide bonds. The maximum atomic E-state index is 13.5. The maximum Gasteiger partial charge on any atom is 0.433 e. The van der Waals surface area contributed by atoms with E-state index in [0.717, 1.165) is 17.7 Å². The van der Waals surface area contributed by atoms with Crippen molar-refractivity contribution in [2.24, 2.45) is 0 Å². The minimum atomic E-state index is -4.56. The van der Waals surface area contributed by atoms with Gasteiger partial charge in [0, 0.05) is 11.8 Å². The van der Waals surface area contributed by atoms with Crippen LogP contribution >= 0.6 is 0 Å². The Morgan fingerprint density at radius 1 is 1.03 bits per heavy atom. The average molecular weight is 396 g/mol. The van der Waals surface area contributed by atoms with Crippen LogP contribution in [0, 0.1) is 24.1 Å². The van der Waals surface area contributed by atoms with E-state index in [-0.39, 0.29) is 11.3 Å². The third kappa shape index (κ3) is 3.21. The van der Waals surface area contributed by atoms with Crippen molar-refractivity contribution < 1.29 is 17.6 Å². The summed E-state index contributed by atoms with van der Waals surface area (Å²) in [4.78, 5) is 7.59. The van der Waals surface area contributed by atoms with Crippen LogP contribution in [0.2, 0.25) is 0 Å². The third-order valence-electron chi connectivity index (χ3n) is 4.67. The lowest BCUT2D eigenvalue weighted by atomic mass is 9.92. The quantitative estimate of drug-likeness (QED) is 0.426. The predicted molar refractivity (Wildman–Crippen MR) is 98.3 cm³/mol.